The minimum Gasteiger partial charge on any atom is -0.484 e. The summed E-state index contributed by atoms with van der Waals surface area (Å²) < 4.78 is 7.80. The second kappa shape index (κ2) is 8.93. The SMILES string of the molecule is CC(C)(O)Cc1c(SC(C)(C)C)c2cc(OCC(N)=O)ccc2n1Cc1ccncc1. The molecule has 2 heterocycles. The molecule has 2 aromatic heterocycles. The van der Waals surface area contributed by atoms with Gasteiger partial charge < -0.3 is 20.1 Å². The molecule has 0 aliphatic rings. The van der Waals surface area contributed by atoms with Crippen LogP contribution < -0.4 is 10.5 Å². The van der Waals surface area contributed by atoms with E-state index in [-0.39, 0.29) is 11.4 Å². The molecule has 0 spiro atoms. The van der Waals surface area contributed by atoms with Gasteiger partial charge >= 0.3 is 0 Å². The number of aromatic nitrogens is 2. The van der Waals surface area contributed by atoms with Crippen LogP contribution in [0, 0.1) is 0 Å². The van der Waals surface area contributed by atoms with E-state index in [0.717, 1.165) is 27.1 Å². The molecule has 1 aromatic carbocycles. The van der Waals surface area contributed by atoms with Crippen molar-refractivity contribution in [2.24, 2.45) is 5.73 Å². The molecule has 6 nitrogen and oxygen atoms in total. The Morgan fingerprint density at radius 3 is 2.42 bits per heavy atom. The Morgan fingerprint density at radius 2 is 1.84 bits per heavy atom. The average molecular weight is 442 g/mol. The van der Waals surface area contributed by atoms with Crippen molar-refractivity contribution < 1.29 is 14.6 Å². The van der Waals surface area contributed by atoms with Crippen LogP contribution in [0.25, 0.3) is 10.9 Å². The number of thioether (sulfide) groups is 1. The molecule has 166 valence electrons. The molecule has 3 N–H and O–H groups in total. The van der Waals surface area contributed by atoms with E-state index in [1.807, 2.05) is 44.2 Å². The molecule has 3 rings (SSSR count). The molecule has 3 aromatic rings. The summed E-state index contributed by atoms with van der Waals surface area (Å²) in [4.78, 5) is 16.4. The summed E-state index contributed by atoms with van der Waals surface area (Å²) >= 11 is 1.77. The quantitative estimate of drug-likeness (QED) is 0.513. The maximum atomic E-state index is 11.2. The summed E-state index contributed by atoms with van der Waals surface area (Å²) in [6.07, 6.45) is 4.08. The number of carbonyl (C=O) groups is 1. The standard InChI is InChI=1S/C24H31N3O3S/c1-23(2,3)31-22-18-12-17(30-15-21(25)28)6-7-19(18)27(20(22)13-24(4,5)29)14-16-8-10-26-11-9-16/h6-12,29H,13-15H2,1-5H3,(H2,25,28). The zero-order valence-corrected chi connectivity index (χ0v) is 19.6. The molecule has 0 saturated carbocycles. The third kappa shape index (κ3) is 6.24. The van der Waals surface area contributed by atoms with Crippen molar-refractivity contribution in [3.63, 3.8) is 0 Å². The second-order valence-electron chi connectivity index (χ2n) is 9.36. The Kier molecular flexibility index (Phi) is 6.67. The van der Waals surface area contributed by atoms with Gasteiger partial charge in [0.1, 0.15) is 5.75 Å². The molecule has 0 atom stereocenters. The number of carbonyl (C=O) groups excluding carboxylic acids is 1. The van der Waals surface area contributed by atoms with E-state index < -0.39 is 11.5 Å². The Bertz CT molecular complexity index is 1060. The second-order valence-corrected chi connectivity index (χ2v) is 11.2. The van der Waals surface area contributed by atoms with Gasteiger partial charge in [-0.2, -0.15) is 0 Å². The molecule has 0 bridgehead atoms. The zero-order valence-electron chi connectivity index (χ0n) is 18.8. The van der Waals surface area contributed by atoms with E-state index in [2.05, 4.69) is 30.3 Å². The molecule has 31 heavy (non-hydrogen) atoms. The molecule has 0 unspecified atom stereocenters. The van der Waals surface area contributed by atoms with Crippen molar-refractivity contribution in [2.45, 2.75) is 62.8 Å². The Balaban J connectivity index is 2.21. The number of nitrogens with zero attached hydrogens (tertiary/aromatic N) is 2. The predicted octanol–water partition coefficient (Wildman–Crippen LogP) is 4.15. The van der Waals surface area contributed by atoms with Gasteiger partial charge in [0.05, 0.1) is 5.60 Å². The van der Waals surface area contributed by atoms with Crippen molar-refractivity contribution in [3.05, 3.63) is 54.0 Å². The van der Waals surface area contributed by atoms with Crippen LogP contribution >= 0.6 is 11.8 Å². The third-order valence-electron chi connectivity index (χ3n) is 4.57. The molecule has 1 amide bonds. The van der Waals surface area contributed by atoms with Gasteiger partial charge in [0.2, 0.25) is 0 Å². The number of primary amides is 1. The summed E-state index contributed by atoms with van der Waals surface area (Å²) in [7, 11) is 0. The summed E-state index contributed by atoms with van der Waals surface area (Å²) in [5.41, 5.74) is 7.63. The number of nitrogens with two attached hydrogens (primary N) is 1. The Morgan fingerprint density at radius 1 is 1.16 bits per heavy atom. The number of hydrogen-bond donors (Lipinski definition) is 2. The van der Waals surface area contributed by atoms with Gasteiger partial charge in [-0.3, -0.25) is 9.78 Å². The largest absolute Gasteiger partial charge is 0.484 e. The maximum Gasteiger partial charge on any atom is 0.255 e. The first-order valence-electron chi connectivity index (χ1n) is 10.3. The topological polar surface area (TPSA) is 90.4 Å². The van der Waals surface area contributed by atoms with Crippen molar-refractivity contribution in [1.29, 1.82) is 0 Å². The van der Waals surface area contributed by atoms with Gasteiger partial charge in [0.25, 0.3) is 5.91 Å². The van der Waals surface area contributed by atoms with Crippen LogP contribution in [-0.2, 0) is 17.8 Å². The Labute approximate surface area is 187 Å². The fourth-order valence-corrected chi connectivity index (χ4v) is 4.64. The third-order valence-corrected chi connectivity index (χ3v) is 5.84. The number of aliphatic hydroxyl groups is 1. The van der Waals surface area contributed by atoms with Gasteiger partial charge in [-0.1, -0.05) is 20.8 Å². The number of ether oxygens (including phenoxy) is 1. The van der Waals surface area contributed by atoms with E-state index in [4.69, 9.17) is 10.5 Å². The molecule has 7 heteroatoms. The average Bonchev–Trinajstić information content (AvgIpc) is 2.91. The van der Waals surface area contributed by atoms with Crippen LogP contribution in [0.4, 0.5) is 0 Å². The van der Waals surface area contributed by atoms with Crippen LogP contribution in [0.2, 0.25) is 0 Å². The van der Waals surface area contributed by atoms with E-state index in [1.165, 1.54) is 0 Å². The highest BCUT2D eigenvalue weighted by Crippen LogP contribution is 2.43. The maximum absolute atomic E-state index is 11.2. The van der Waals surface area contributed by atoms with Crippen LogP contribution in [0.5, 0.6) is 5.75 Å². The van der Waals surface area contributed by atoms with Gasteiger partial charge in [-0.05, 0) is 49.7 Å². The van der Waals surface area contributed by atoms with Crippen molar-refractivity contribution in [1.82, 2.24) is 9.55 Å². The van der Waals surface area contributed by atoms with Crippen molar-refractivity contribution >= 4 is 28.6 Å². The van der Waals surface area contributed by atoms with Gasteiger partial charge in [0.15, 0.2) is 6.61 Å². The highest BCUT2D eigenvalue weighted by atomic mass is 32.2. The summed E-state index contributed by atoms with van der Waals surface area (Å²) in [6.45, 7) is 10.7. The van der Waals surface area contributed by atoms with E-state index in [9.17, 15) is 9.90 Å². The monoisotopic (exact) mass is 441 g/mol. The van der Waals surface area contributed by atoms with Crippen LogP contribution in [0.15, 0.2) is 47.6 Å². The van der Waals surface area contributed by atoms with E-state index in [1.54, 1.807) is 24.2 Å². The molecule has 0 fully saturated rings. The van der Waals surface area contributed by atoms with E-state index >= 15 is 0 Å². The summed E-state index contributed by atoms with van der Waals surface area (Å²) in [6, 6.07) is 9.83. The first-order chi connectivity index (χ1) is 14.4. The number of rotatable bonds is 8. The number of amides is 1. The summed E-state index contributed by atoms with van der Waals surface area (Å²) in [5, 5.41) is 11.7. The molecule has 0 radical (unpaired) electrons. The highest BCUT2D eigenvalue weighted by molar-refractivity contribution is 8.00. The minimum atomic E-state index is -0.872. The first kappa shape index (κ1) is 23.2. The smallest absolute Gasteiger partial charge is 0.255 e. The van der Waals surface area contributed by atoms with Crippen LogP contribution in [0.1, 0.15) is 45.9 Å². The number of pyridine rings is 1. The number of hydrogen-bond acceptors (Lipinski definition) is 5. The normalized spacial score (nSPS) is 12.3. The fourth-order valence-electron chi connectivity index (χ4n) is 3.46. The molecular weight excluding hydrogens is 410 g/mol. The fraction of sp³-hybridized carbons (Fsp3) is 0.417. The predicted molar refractivity (Wildman–Crippen MR) is 126 cm³/mol. The Hall–Kier alpha value is -2.51. The molecular formula is C24H31N3O3S. The number of fused-ring (bicyclic) bond motifs is 1. The summed E-state index contributed by atoms with van der Waals surface area (Å²) in [5.74, 6) is 0.0836. The molecule has 0 aliphatic heterocycles. The molecule has 0 aliphatic carbocycles. The first-order valence-corrected chi connectivity index (χ1v) is 11.1. The lowest BCUT2D eigenvalue weighted by molar-refractivity contribution is -0.119. The van der Waals surface area contributed by atoms with Gasteiger partial charge in [-0.15, -0.1) is 11.8 Å². The van der Waals surface area contributed by atoms with E-state index in [0.29, 0.717) is 18.7 Å². The van der Waals surface area contributed by atoms with Gasteiger partial charge in [0, 0.05) is 51.6 Å². The molecule has 0 saturated heterocycles. The number of benzene rings is 1. The zero-order chi connectivity index (χ0) is 22.8. The lowest BCUT2D eigenvalue weighted by Crippen LogP contribution is -2.24. The van der Waals surface area contributed by atoms with Crippen molar-refractivity contribution in [2.75, 3.05) is 6.61 Å². The minimum absolute atomic E-state index is 0.0335. The van der Waals surface area contributed by atoms with Crippen molar-refractivity contribution in [3.8, 4) is 5.75 Å². The van der Waals surface area contributed by atoms with Gasteiger partial charge in [-0.25, -0.2) is 0 Å². The van der Waals surface area contributed by atoms with Crippen LogP contribution in [-0.4, -0.2) is 37.5 Å². The highest BCUT2D eigenvalue weighted by Gasteiger charge is 2.27. The van der Waals surface area contributed by atoms with Crippen LogP contribution in [0.3, 0.4) is 0 Å². The lowest BCUT2D eigenvalue weighted by Gasteiger charge is -2.23. The lowest BCUT2D eigenvalue weighted by atomic mass is 10.0.